The van der Waals surface area contributed by atoms with Crippen LogP contribution in [0.15, 0.2) is 41.1 Å². The van der Waals surface area contributed by atoms with Gasteiger partial charge in [0.2, 0.25) is 0 Å². The smallest absolute Gasteiger partial charge is 0.260 e. The van der Waals surface area contributed by atoms with Gasteiger partial charge in [0.15, 0.2) is 6.61 Å². The highest BCUT2D eigenvalue weighted by molar-refractivity contribution is 5.83. The largest absolute Gasteiger partial charge is 0.493 e. The number of carbonyl (C=O) groups is 1. The molecule has 0 heterocycles. The number of allylic oxidation sites excluding steroid dienone is 1. The molecule has 2 rings (SSSR count). The van der Waals surface area contributed by atoms with Crippen LogP contribution in [0.1, 0.15) is 44.6 Å². The van der Waals surface area contributed by atoms with Crippen LogP contribution < -0.4 is 10.1 Å². The van der Waals surface area contributed by atoms with Crippen molar-refractivity contribution in [2.75, 3.05) is 19.8 Å². The molecule has 1 N–H and O–H groups in total. The Morgan fingerprint density at radius 3 is 3.00 bits per heavy atom. The Bertz CT molecular complexity index is 582. The molecule has 1 aliphatic carbocycles. The first-order valence-electron chi connectivity index (χ1n) is 8.61. The van der Waals surface area contributed by atoms with E-state index in [0.29, 0.717) is 13.2 Å². The van der Waals surface area contributed by atoms with E-state index in [9.17, 15) is 4.79 Å². The minimum absolute atomic E-state index is 0.0770. The van der Waals surface area contributed by atoms with Gasteiger partial charge in [-0.15, -0.1) is 0 Å². The van der Waals surface area contributed by atoms with E-state index in [-0.39, 0.29) is 12.5 Å². The van der Waals surface area contributed by atoms with Crippen molar-refractivity contribution in [1.29, 1.82) is 0 Å². The van der Waals surface area contributed by atoms with Crippen LogP contribution in [0.3, 0.4) is 0 Å². The standard InChI is InChI=1S/C19H26N2O3/c1-2-23-18-11-7-6-10-17(18)14-21-24-15-19(22)20-13-12-16-8-4-3-5-9-16/h6-8,10-11,14H,2-5,9,12-13,15H2,1H3,(H,20,22)/b21-14+. The molecule has 5 nitrogen and oxygen atoms in total. The zero-order chi connectivity index (χ0) is 17.0. The summed E-state index contributed by atoms with van der Waals surface area (Å²) in [6.07, 6.45) is 9.67. The van der Waals surface area contributed by atoms with Crippen LogP contribution in [0, 0.1) is 0 Å². The third-order valence-electron chi connectivity index (χ3n) is 3.83. The number of benzene rings is 1. The van der Waals surface area contributed by atoms with Crippen LogP contribution in [0.5, 0.6) is 5.75 Å². The predicted octanol–water partition coefficient (Wildman–Crippen LogP) is 3.44. The van der Waals surface area contributed by atoms with E-state index in [1.54, 1.807) is 6.21 Å². The van der Waals surface area contributed by atoms with Crippen LogP contribution in [-0.4, -0.2) is 31.9 Å². The molecule has 0 atom stereocenters. The number of hydrogen-bond acceptors (Lipinski definition) is 4. The zero-order valence-corrected chi connectivity index (χ0v) is 14.3. The summed E-state index contributed by atoms with van der Waals surface area (Å²) in [7, 11) is 0. The topological polar surface area (TPSA) is 59.9 Å². The van der Waals surface area contributed by atoms with Gasteiger partial charge in [0, 0.05) is 12.1 Å². The maximum atomic E-state index is 11.7. The molecule has 1 aromatic carbocycles. The lowest BCUT2D eigenvalue weighted by Gasteiger charge is -2.12. The molecule has 0 saturated carbocycles. The fourth-order valence-corrected chi connectivity index (χ4v) is 2.61. The average Bonchev–Trinajstić information content (AvgIpc) is 2.61. The molecule has 24 heavy (non-hydrogen) atoms. The molecule has 0 spiro atoms. The molecule has 1 aromatic rings. The minimum Gasteiger partial charge on any atom is -0.493 e. The van der Waals surface area contributed by atoms with Gasteiger partial charge in [0.1, 0.15) is 5.75 Å². The van der Waals surface area contributed by atoms with Gasteiger partial charge >= 0.3 is 0 Å². The number of ether oxygens (including phenoxy) is 1. The Hall–Kier alpha value is -2.30. The van der Waals surface area contributed by atoms with Crippen LogP contribution in [0.4, 0.5) is 0 Å². The van der Waals surface area contributed by atoms with E-state index < -0.39 is 0 Å². The molecule has 0 saturated heterocycles. The monoisotopic (exact) mass is 330 g/mol. The van der Waals surface area contributed by atoms with Crippen LogP contribution in [0.2, 0.25) is 0 Å². The molecule has 1 aliphatic rings. The van der Waals surface area contributed by atoms with Crippen molar-refractivity contribution in [3.8, 4) is 5.75 Å². The fraction of sp³-hybridized carbons (Fsp3) is 0.474. The molecule has 0 fully saturated rings. The summed E-state index contributed by atoms with van der Waals surface area (Å²) in [6.45, 7) is 3.10. The average molecular weight is 330 g/mol. The second-order valence-corrected chi connectivity index (χ2v) is 5.69. The Balaban J connectivity index is 1.66. The van der Waals surface area contributed by atoms with E-state index in [2.05, 4.69) is 16.5 Å². The van der Waals surface area contributed by atoms with Gasteiger partial charge in [0.05, 0.1) is 12.8 Å². The first-order valence-corrected chi connectivity index (χ1v) is 8.61. The Kier molecular flexibility index (Phi) is 7.87. The van der Waals surface area contributed by atoms with Gasteiger partial charge in [-0.05, 0) is 51.2 Å². The molecule has 0 aliphatic heterocycles. The van der Waals surface area contributed by atoms with Gasteiger partial charge in [-0.2, -0.15) is 0 Å². The number of amides is 1. The van der Waals surface area contributed by atoms with Crippen molar-refractivity contribution < 1.29 is 14.4 Å². The van der Waals surface area contributed by atoms with Gasteiger partial charge in [0.25, 0.3) is 5.91 Å². The number of nitrogens with one attached hydrogen (secondary N) is 1. The number of oxime groups is 1. The van der Waals surface area contributed by atoms with Gasteiger partial charge in [-0.3, -0.25) is 4.79 Å². The van der Waals surface area contributed by atoms with E-state index in [4.69, 9.17) is 9.57 Å². The lowest BCUT2D eigenvalue weighted by Crippen LogP contribution is -2.28. The number of hydrogen-bond donors (Lipinski definition) is 1. The molecule has 0 radical (unpaired) electrons. The maximum Gasteiger partial charge on any atom is 0.260 e. The van der Waals surface area contributed by atoms with Crippen molar-refractivity contribution in [1.82, 2.24) is 5.32 Å². The lowest BCUT2D eigenvalue weighted by molar-refractivity contribution is -0.125. The van der Waals surface area contributed by atoms with Gasteiger partial charge in [-0.25, -0.2) is 0 Å². The third kappa shape index (κ3) is 6.44. The zero-order valence-electron chi connectivity index (χ0n) is 14.3. The number of rotatable bonds is 9. The highest BCUT2D eigenvalue weighted by Crippen LogP contribution is 2.19. The quantitative estimate of drug-likeness (QED) is 0.429. The lowest BCUT2D eigenvalue weighted by atomic mass is 9.97. The molecule has 0 bridgehead atoms. The fourth-order valence-electron chi connectivity index (χ4n) is 2.61. The first-order chi connectivity index (χ1) is 11.8. The molecule has 5 heteroatoms. The predicted molar refractivity (Wildman–Crippen MR) is 95.3 cm³/mol. The minimum atomic E-state index is -0.151. The summed E-state index contributed by atoms with van der Waals surface area (Å²) in [4.78, 5) is 16.8. The van der Waals surface area contributed by atoms with Crippen LogP contribution >= 0.6 is 0 Å². The second-order valence-electron chi connectivity index (χ2n) is 5.69. The Morgan fingerprint density at radius 2 is 2.21 bits per heavy atom. The summed E-state index contributed by atoms with van der Waals surface area (Å²) < 4.78 is 5.49. The molecule has 1 amide bonds. The molecule has 0 unspecified atom stereocenters. The summed E-state index contributed by atoms with van der Waals surface area (Å²) in [6, 6.07) is 7.56. The summed E-state index contributed by atoms with van der Waals surface area (Å²) >= 11 is 0. The van der Waals surface area contributed by atoms with Crippen LogP contribution in [-0.2, 0) is 9.63 Å². The number of para-hydroxylation sites is 1. The van der Waals surface area contributed by atoms with E-state index >= 15 is 0 Å². The molecule has 0 aromatic heterocycles. The van der Waals surface area contributed by atoms with E-state index in [1.807, 2.05) is 31.2 Å². The van der Waals surface area contributed by atoms with E-state index in [0.717, 1.165) is 24.2 Å². The molecular formula is C19H26N2O3. The summed E-state index contributed by atoms with van der Waals surface area (Å²) in [5.41, 5.74) is 2.28. The van der Waals surface area contributed by atoms with Gasteiger partial charge in [-0.1, -0.05) is 28.9 Å². The normalized spacial score (nSPS) is 14.3. The van der Waals surface area contributed by atoms with Crippen molar-refractivity contribution in [3.63, 3.8) is 0 Å². The molecular weight excluding hydrogens is 304 g/mol. The highest BCUT2D eigenvalue weighted by Gasteiger charge is 2.05. The Labute approximate surface area is 143 Å². The second kappa shape index (κ2) is 10.5. The Morgan fingerprint density at radius 1 is 1.33 bits per heavy atom. The number of nitrogens with zero attached hydrogens (tertiary/aromatic N) is 1. The van der Waals surface area contributed by atoms with Crippen molar-refractivity contribution >= 4 is 12.1 Å². The highest BCUT2D eigenvalue weighted by atomic mass is 16.6. The van der Waals surface area contributed by atoms with Crippen molar-refractivity contribution in [2.45, 2.75) is 39.0 Å². The maximum absolute atomic E-state index is 11.7. The van der Waals surface area contributed by atoms with Crippen LogP contribution in [0.25, 0.3) is 0 Å². The molecule has 130 valence electrons. The third-order valence-corrected chi connectivity index (χ3v) is 3.83. The SMILES string of the molecule is CCOc1ccccc1/C=N/OCC(=O)NCCC1=CCCCC1. The number of carbonyl (C=O) groups excluding carboxylic acids is 1. The first kappa shape index (κ1) is 18.0. The van der Waals surface area contributed by atoms with E-state index in [1.165, 1.54) is 24.8 Å². The summed E-state index contributed by atoms with van der Waals surface area (Å²) in [5.74, 6) is 0.596. The van der Waals surface area contributed by atoms with Crippen molar-refractivity contribution in [3.05, 3.63) is 41.5 Å². The van der Waals surface area contributed by atoms with Gasteiger partial charge < -0.3 is 14.9 Å². The van der Waals surface area contributed by atoms with Crippen molar-refractivity contribution in [2.24, 2.45) is 5.16 Å². The summed E-state index contributed by atoms with van der Waals surface area (Å²) in [5, 5.41) is 6.70.